The third-order valence-corrected chi connectivity index (χ3v) is 2.05. The molecule has 1 aromatic carbocycles. The molecule has 0 bridgehead atoms. The van der Waals surface area contributed by atoms with Crippen LogP contribution in [0.15, 0.2) is 29.3 Å². The van der Waals surface area contributed by atoms with E-state index in [1.165, 1.54) is 23.9 Å². The van der Waals surface area contributed by atoms with Gasteiger partial charge in [-0.05, 0) is 24.5 Å². The Kier molecular flexibility index (Phi) is 7.03. The van der Waals surface area contributed by atoms with Gasteiger partial charge in [0, 0.05) is 0 Å². The Bertz CT molecular complexity index is 378. The zero-order chi connectivity index (χ0) is 12.6. The van der Waals surface area contributed by atoms with Gasteiger partial charge in [-0.3, -0.25) is 0 Å². The second kappa shape index (κ2) is 7.76. The quantitative estimate of drug-likeness (QED) is 0.615. The Hall–Kier alpha value is -1.49. The molecule has 0 unspecified atom stereocenters. The largest absolute Gasteiger partial charge is 0.478 e. The van der Waals surface area contributed by atoms with Crippen molar-refractivity contribution >= 4 is 28.6 Å². The molecule has 1 aromatic rings. The van der Waals surface area contributed by atoms with Crippen LogP contribution in [-0.4, -0.2) is 22.5 Å². The van der Waals surface area contributed by atoms with Crippen LogP contribution in [0, 0.1) is 0 Å². The third-order valence-electron chi connectivity index (χ3n) is 1.54. The van der Waals surface area contributed by atoms with E-state index in [1.54, 1.807) is 18.4 Å². The van der Waals surface area contributed by atoms with Gasteiger partial charge in [0.25, 0.3) is 0 Å². The molecular formula is C11H16N2O2S. The molecule has 0 radical (unpaired) electrons. The third kappa shape index (κ3) is 4.84. The van der Waals surface area contributed by atoms with Gasteiger partial charge >= 0.3 is 5.97 Å². The van der Waals surface area contributed by atoms with Crippen molar-refractivity contribution in [1.29, 1.82) is 0 Å². The first kappa shape index (κ1) is 14.5. The maximum Gasteiger partial charge on any atom is 0.335 e. The molecular weight excluding hydrogens is 224 g/mol. The number of amidine groups is 1. The molecule has 3 N–H and O–H groups in total. The maximum absolute atomic E-state index is 10.6. The summed E-state index contributed by atoms with van der Waals surface area (Å²) in [6.07, 6.45) is 1.81. The number of hydrogen-bond donors (Lipinski definition) is 2. The zero-order valence-electron chi connectivity index (χ0n) is 9.60. The van der Waals surface area contributed by atoms with Crippen LogP contribution >= 0.6 is 11.8 Å². The minimum absolute atomic E-state index is 0.208. The Morgan fingerprint density at radius 2 is 2.06 bits per heavy atom. The number of carboxylic acids is 1. The predicted molar refractivity (Wildman–Crippen MR) is 69.5 cm³/mol. The molecule has 0 amide bonds. The van der Waals surface area contributed by atoms with Crippen molar-refractivity contribution in [3.05, 3.63) is 29.8 Å². The number of hydrogen-bond acceptors (Lipinski definition) is 3. The van der Waals surface area contributed by atoms with Crippen LogP contribution in [0.3, 0.4) is 0 Å². The van der Waals surface area contributed by atoms with E-state index in [-0.39, 0.29) is 5.56 Å². The zero-order valence-corrected chi connectivity index (χ0v) is 10.4. The van der Waals surface area contributed by atoms with Crippen LogP contribution in [0.25, 0.3) is 0 Å². The van der Waals surface area contributed by atoms with Gasteiger partial charge in [-0.15, -0.1) is 0 Å². The van der Waals surface area contributed by atoms with Crippen molar-refractivity contribution in [2.24, 2.45) is 10.7 Å². The monoisotopic (exact) mass is 240 g/mol. The second-order valence-corrected chi connectivity index (χ2v) is 3.34. The molecule has 0 aliphatic carbocycles. The highest BCUT2D eigenvalue weighted by molar-refractivity contribution is 8.13. The van der Waals surface area contributed by atoms with Crippen LogP contribution in [0.5, 0.6) is 0 Å². The summed E-state index contributed by atoms with van der Waals surface area (Å²) in [4.78, 5) is 14.6. The van der Waals surface area contributed by atoms with Gasteiger partial charge < -0.3 is 10.8 Å². The van der Waals surface area contributed by atoms with E-state index in [4.69, 9.17) is 10.8 Å². The number of aliphatic imine (C=N–C) groups is 1. The molecule has 0 saturated carbocycles. The molecule has 0 fully saturated rings. The van der Waals surface area contributed by atoms with Crippen molar-refractivity contribution in [2.45, 2.75) is 13.8 Å². The number of rotatable bonds is 2. The number of carbonyl (C=O) groups is 1. The number of thioether (sulfide) groups is 1. The summed E-state index contributed by atoms with van der Waals surface area (Å²) < 4.78 is 0. The lowest BCUT2D eigenvalue weighted by Gasteiger charge is -1.98. The first-order chi connectivity index (χ1) is 7.63. The average Bonchev–Trinajstić information content (AvgIpc) is 2.32. The minimum Gasteiger partial charge on any atom is -0.478 e. The Morgan fingerprint density at radius 1 is 1.44 bits per heavy atom. The average molecular weight is 240 g/mol. The van der Waals surface area contributed by atoms with Crippen LogP contribution in [0.2, 0.25) is 0 Å². The van der Waals surface area contributed by atoms with Crippen LogP contribution < -0.4 is 5.73 Å². The van der Waals surface area contributed by atoms with E-state index in [2.05, 4.69) is 4.99 Å². The van der Waals surface area contributed by atoms with Gasteiger partial charge in [-0.1, -0.05) is 31.7 Å². The SMILES string of the molecule is CC.CSC(N)=Nc1cccc(C(=O)O)c1. The fourth-order valence-electron chi connectivity index (χ4n) is 0.881. The Balaban J connectivity index is 0.00000106. The lowest BCUT2D eigenvalue weighted by Crippen LogP contribution is -2.04. The molecule has 5 heteroatoms. The van der Waals surface area contributed by atoms with Crippen molar-refractivity contribution in [3.63, 3.8) is 0 Å². The topological polar surface area (TPSA) is 75.7 Å². The van der Waals surface area contributed by atoms with E-state index in [0.717, 1.165) is 0 Å². The number of nitrogens with zero attached hydrogens (tertiary/aromatic N) is 1. The van der Waals surface area contributed by atoms with Crippen molar-refractivity contribution in [2.75, 3.05) is 6.26 Å². The summed E-state index contributed by atoms with van der Waals surface area (Å²) in [6, 6.07) is 6.33. The summed E-state index contributed by atoms with van der Waals surface area (Å²) in [6.45, 7) is 4.00. The first-order valence-electron chi connectivity index (χ1n) is 4.85. The smallest absolute Gasteiger partial charge is 0.335 e. The molecule has 16 heavy (non-hydrogen) atoms. The van der Waals surface area contributed by atoms with Crippen molar-refractivity contribution < 1.29 is 9.90 Å². The number of aromatic carboxylic acids is 1. The fourth-order valence-corrected chi connectivity index (χ4v) is 1.08. The summed E-state index contributed by atoms with van der Waals surface area (Å²) in [5.74, 6) is -0.968. The molecule has 4 nitrogen and oxygen atoms in total. The van der Waals surface area contributed by atoms with Crippen molar-refractivity contribution in [1.82, 2.24) is 0 Å². The first-order valence-corrected chi connectivity index (χ1v) is 6.07. The molecule has 0 saturated heterocycles. The normalized spacial score (nSPS) is 10.3. The van der Waals surface area contributed by atoms with Gasteiger partial charge in [-0.2, -0.15) is 0 Å². The maximum atomic E-state index is 10.6. The van der Waals surface area contributed by atoms with Crippen LogP contribution in [0.1, 0.15) is 24.2 Å². The molecule has 88 valence electrons. The summed E-state index contributed by atoms with van der Waals surface area (Å²) >= 11 is 1.31. The lowest BCUT2D eigenvalue weighted by atomic mass is 10.2. The standard InChI is InChI=1S/C9H10N2O2S.C2H6/c1-14-9(10)11-7-4-2-3-6(5-7)8(12)13;1-2/h2-5H,1H3,(H2,10,11)(H,12,13);1-2H3. The molecule has 0 aliphatic heterocycles. The van der Waals surface area contributed by atoms with Gasteiger partial charge in [0.1, 0.15) is 0 Å². The number of benzene rings is 1. The summed E-state index contributed by atoms with van der Waals surface area (Å²) in [7, 11) is 0. The van der Waals surface area contributed by atoms with E-state index in [9.17, 15) is 4.79 Å². The highest BCUT2D eigenvalue weighted by Gasteiger charge is 2.02. The molecule has 0 aliphatic rings. The van der Waals surface area contributed by atoms with Gasteiger partial charge in [0.15, 0.2) is 5.17 Å². The predicted octanol–water partition coefficient (Wildman–Crippen LogP) is 2.72. The minimum atomic E-state index is -0.968. The van der Waals surface area contributed by atoms with Gasteiger partial charge in [-0.25, -0.2) is 9.79 Å². The van der Waals surface area contributed by atoms with Crippen LogP contribution in [0.4, 0.5) is 5.69 Å². The van der Waals surface area contributed by atoms with Crippen molar-refractivity contribution in [3.8, 4) is 0 Å². The Labute approximate surface area is 99.6 Å². The molecule has 0 atom stereocenters. The summed E-state index contributed by atoms with van der Waals surface area (Å²) in [5.41, 5.74) is 6.26. The van der Waals surface area contributed by atoms with E-state index >= 15 is 0 Å². The molecule has 0 spiro atoms. The highest BCUT2D eigenvalue weighted by Crippen LogP contribution is 2.15. The number of nitrogens with two attached hydrogens (primary N) is 1. The van der Waals surface area contributed by atoms with Gasteiger partial charge in [0.2, 0.25) is 0 Å². The molecule has 1 rings (SSSR count). The summed E-state index contributed by atoms with van der Waals surface area (Å²) in [5, 5.41) is 9.13. The number of carboxylic acid groups (broad SMARTS) is 1. The lowest BCUT2D eigenvalue weighted by molar-refractivity contribution is 0.0697. The fraction of sp³-hybridized carbons (Fsp3) is 0.273. The van der Waals surface area contributed by atoms with Gasteiger partial charge in [0.05, 0.1) is 11.3 Å². The van der Waals surface area contributed by atoms with Crippen LogP contribution in [-0.2, 0) is 0 Å². The molecule has 0 aromatic heterocycles. The molecule has 0 heterocycles. The second-order valence-electron chi connectivity index (χ2n) is 2.51. The highest BCUT2D eigenvalue weighted by atomic mass is 32.2. The van der Waals surface area contributed by atoms with E-state index in [1.807, 2.05) is 13.8 Å². The van der Waals surface area contributed by atoms with E-state index in [0.29, 0.717) is 10.9 Å². The Morgan fingerprint density at radius 3 is 2.56 bits per heavy atom. The van der Waals surface area contributed by atoms with E-state index < -0.39 is 5.97 Å².